The van der Waals surface area contributed by atoms with Crippen LogP contribution in [0.25, 0.3) is 16.8 Å². The van der Waals surface area contributed by atoms with Gasteiger partial charge in [-0.2, -0.15) is 0 Å². The van der Waals surface area contributed by atoms with Crippen LogP contribution in [0.1, 0.15) is 47.2 Å². The number of nitrogens with one attached hydrogen (secondary N) is 1. The van der Waals surface area contributed by atoms with Crippen molar-refractivity contribution in [1.29, 1.82) is 0 Å². The van der Waals surface area contributed by atoms with Gasteiger partial charge in [0.15, 0.2) is 0 Å². The Balaban J connectivity index is 1.22. The van der Waals surface area contributed by atoms with E-state index >= 15 is 4.39 Å². The van der Waals surface area contributed by atoms with E-state index in [4.69, 9.17) is 23.1 Å². The maximum absolute atomic E-state index is 15.2. The SMILES string of the molecule is CC(C)(C)OP(=O)(OCC1C=C(c2ccc(-c3ccc(N4C[C@H](Cn5ccnn5)OC4=O)cc3F)cn2)NO1)OC(C)(C)C. The molecule has 2 aliphatic rings. The van der Waals surface area contributed by atoms with Crippen LogP contribution in [0.2, 0.25) is 0 Å². The zero-order valence-electron chi connectivity index (χ0n) is 25.4. The van der Waals surface area contributed by atoms with E-state index in [-0.39, 0.29) is 13.2 Å². The number of anilines is 1. The molecule has 0 bridgehead atoms. The van der Waals surface area contributed by atoms with E-state index in [1.54, 1.807) is 95.2 Å². The van der Waals surface area contributed by atoms with Gasteiger partial charge in [0.2, 0.25) is 0 Å². The van der Waals surface area contributed by atoms with E-state index in [0.29, 0.717) is 34.8 Å². The second kappa shape index (κ2) is 12.4. The summed E-state index contributed by atoms with van der Waals surface area (Å²) in [4.78, 5) is 23.8. The molecule has 13 nitrogen and oxygen atoms in total. The maximum Gasteiger partial charge on any atom is 0.475 e. The minimum Gasteiger partial charge on any atom is -0.442 e. The zero-order valence-corrected chi connectivity index (χ0v) is 26.3. The quantitative estimate of drug-likeness (QED) is 0.284. The fraction of sp³-hybridized carbons (Fsp3) is 0.448. The third kappa shape index (κ3) is 8.07. The van der Waals surface area contributed by atoms with Crippen molar-refractivity contribution in [3.8, 4) is 11.1 Å². The molecule has 3 aromatic rings. The Morgan fingerprint density at radius 2 is 1.86 bits per heavy atom. The highest BCUT2D eigenvalue weighted by atomic mass is 31.2. The highest BCUT2D eigenvalue weighted by Crippen LogP contribution is 2.55. The van der Waals surface area contributed by atoms with Gasteiger partial charge in [0.25, 0.3) is 0 Å². The first-order valence-corrected chi connectivity index (χ1v) is 15.5. The molecule has 0 radical (unpaired) electrons. The van der Waals surface area contributed by atoms with Crippen LogP contribution in [-0.4, -0.2) is 62.6 Å². The molecule has 1 fully saturated rings. The highest BCUT2D eigenvalue weighted by Gasteiger charge is 2.38. The average Bonchev–Trinajstić information content (AvgIpc) is 3.68. The van der Waals surface area contributed by atoms with Gasteiger partial charge in [-0.15, -0.1) is 5.10 Å². The summed E-state index contributed by atoms with van der Waals surface area (Å²) < 4.78 is 52.4. The molecule has 44 heavy (non-hydrogen) atoms. The lowest BCUT2D eigenvalue weighted by Gasteiger charge is -2.31. The number of hydroxylamine groups is 1. The summed E-state index contributed by atoms with van der Waals surface area (Å²) in [5.41, 5.74) is 3.65. The Morgan fingerprint density at radius 3 is 2.48 bits per heavy atom. The van der Waals surface area contributed by atoms with Crippen molar-refractivity contribution in [3.05, 3.63) is 66.5 Å². The lowest BCUT2D eigenvalue weighted by molar-refractivity contribution is -0.0236. The lowest BCUT2D eigenvalue weighted by atomic mass is 10.1. The van der Waals surface area contributed by atoms with E-state index in [2.05, 4.69) is 20.8 Å². The number of halogens is 1. The Kier molecular flexibility index (Phi) is 8.92. The molecule has 5 rings (SSSR count). The van der Waals surface area contributed by atoms with Crippen molar-refractivity contribution in [1.82, 2.24) is 25.5 Å². The Labute approximate surface area is 254 Å². The molecule has 2 atom stereocenters. The highest BCUT2D eigenvalue weighted by molar-refractivity contribution is 7.48. The molecule has 2 aromatic heterocycles. The zero-order chi connectivity index (χ0) is 31.7. The van der Waals surface area contributed by atoms with Gasteiger partial charge in [-0.3, -0.25) is 33.8 Å². The van der Waals surface area contributed by atoms with E-state index in [1.807, 2.05) is 0 Å². The Hall–Kier alpha value is -3.68. The number of ether oxygens (including phenoxy) is 1. The number of carbonyl (C=O) groups is 1. The number of aromatic nitrogens is 4. The number of rotatable bonds is 10. The number of hydrogen-bond acceptors (Lipinski definition) is 11. The lowest BCUT2D eigenvalue weighted by Crippen LogP contribution is -2.26. The predicted octanol–water partition coefficient (Wildman–Crippen LogP) is 5.50. The summed E-state index contributed by atoms with van der Waals surface area (Å²) in [6.45, 7) is 11.1. The standard InChI is InChI=1S/C29H36FN6O7P/c1-28(2,3)42-44(38,43-29(4,5)6)39-18-21-14-26(33-41-21)25-10-7-19(15-31-25)23-9-8-20(13-24(23)30)36-17-22(40-27(36)37)16-35-12-11-32-34-35/h7-15,21-22,33H,16-18H2,1-6H3/t21?,22-/m0/s1. The van der Waals surface area contributed by atoms with Crippen molar-refractivity contribution >= 4 is 25.3 Å². The first-order valence-electron chi connectivity index (χ1n) is 14.0. The molecule has 1 unspecified atom stereocenters. The van der Waals surface area contributed by atoms with Gasteiger partial charge in [-0.1, -0.05) is 11.3 Å². The average molecular weight is 631 g/mol. The van der Waals surface area contributed by atoms with Gasteiger partial charge in [0, 0.05) is 23.5 Å². The number of pyridine rings is 1. The number of cyclic esters (lactones) is 1. The summed E-state index contributed by atoms with van der Waals surface area (Å²) in [5, 5.41) is 7.63. The van der Waals surface area contributed by atoms with Gasteiger partial charge in [-0.05, 0) is 71.9 Å². The number of amides is 1. The van der Waals surface area contributed by atoms with E-state index in [9.17, 15) is 9.36 Å². The monoisotopic (exact) mass is 630 g/mol. The first-order chi connectivity index (χ1) is 20.7. The number of carbonyl (C=O) groups excluding carboxylic acids is 1. The molecule has 236 valence electrons. The minimum atomic E-state index is -3.90. The topological polar surface area (TPSA) is 139 Å². The van der Waals surface area contributed by atoms with Gasteiger partial charge in [0.05, 0.1) is 54.2 Å². The van der Waals surface area contributed by atoms with Gasteiger partial charge >= 0.3 is 13.9 Å². The molecule has 0 aliphatic carbocycles. The summed E-state index contributed by atoms with van der Waals surface area (Å²) in [6, 6.07) is 8.01. The molecule has 1 saturated heterocycles. The fourth-order valence-electron chi connectivity index (χ4n) is 4.50. The molecule has 1 N–H and O–H groups in total. The summed E-state index contributed by atoms with van der Waals surface area (Å²) in [6.07, 6.45) is 4.92. The molecular weight excluding hydrogens is 594 g/mol. The number of nitrogens with zero attached hydrogens (tertiary/aromatic N) is 5. The second-order valence-corrected chi connectivity index (χ2v) is 13.8. The normalized spacial score (nSPS) is 19.2. The minimum absolute atomic E-state index is 0.0959. The van der Waals surface area contributed by atoms with Crippen LogP contribution in [0.4, 0.5) is 14.9 Å². The molecular formula is C29H36FN6O7P. The van der Waals surface area contributed by atoms with Gasteiger partial charge in [-0.25, -0.2) is 18.4 Å². The molecule has 1 aromatic carbocycles. The molecule has 4 heterocycles. The van der Waals surface area contributed by atoms with Crippen molar-refractivity contribution in [2.24, 2.45) is 0 Å². The molecule has 15 heteroatoms. The Morgan fingerprint density at radius 1 is 1.11 bits per heavy atom. The molecule has 1 amide bonds. The maximum atomic E-state index is 15.2. The van der Waals surface area contributed by atoms with Gasteiger partial charge < -0.3 is 4.74 Å². The summed E-state index contributed by atoms with van der Waals surface area (Å²) in [7, 11) is -3.90. The number of phosphoric acid groups is 1. The Bertz CT molecular complexity index is 1530. The van der Waals surface area contributed by atoms with Crippen molar-refractivity contribution < 1.29 is 36.9 Å². The van der Waals surface area contributed by atoms with Crippen molar-refractivity contribution in [2.45, 2.75) is 71.5 Å². The first kappa shape index (κ1) is 31.7. The van der Waals surface area contributed by atoms with E-state index < -0.39 is 43.1 Å². The van der Waals surface area contributed by atoms with Crippen LogP contribution in [0.15, 0.2) is 55.0 Å². The fourth-order valence-corrected chi connectivity index (χ4v) is 6.32. The van der Waals surface area contributed by atoms with Crippen molar-refractivity contribution in [3.63, 3.8) is 0 Å². The summed E-state index contributed by atoms with van der Waals surface area (Å²) in [5.74, 6) is -0.511. The van der Waals surface area contributed by atoms with Crippen molar-refractivity contribution in [2.75, 3.05) is 18.1 Å². The summed E-state index contributed by atoms with van der Waals surface area (Å²) >= 11 is 0. The van der Waals surface area contributed by atoms with Crippen LogP contribution < -0.4 is 10.4 Å². The number of phosphoric ester groups is 1. The second-order valence-electron chi connectivity index (χ2n) is 12.3. The van der Waals surface area contributed by atoms with Crippen LogP contribution in [0.3, 0.4) is 0 Å². The molecule has 2 aliphatic heterocycles. The van der Waals surface area contributed by atoms with Crippen LogP contribution in [0, 0.1) is 5.82 Å². The smallest absolute Gasteiger partial charge is 0.442 e. The third-order valence-electron chi connectivity index (χ3n) is 6.19. The van der Waals surface area contributed by atoms with Gasteiger partial charge in [0.1, 0.15) is 18.0 Å². The number of hydrogen-bond donors (Lipinski definition) is 1. The van der Waals surface area contributed by atoms with Crippen LogP contribution in [-0.2, 0) is 34.3 Å². The number of benzene rings is 1. The third-order valence-corrected chi connectivity index (χ3v) is 8.20. The molecule has 0 saturated carbocycles. The van der Waals surface area contributed by atoms with Crippen LogP contribution >= 0.6 is 7.82 Å². The van der Waals surface area contributed by atoms with E-state index in [1.165, 1.54) is 11.0 Å². The predicted molar refractivity (Wildman–Crippen MR) is 158 cm³/mol. The van der Waals surface area contributed by atoms with E-state index in [0.717, 1.165) is 0 Å². The largest absolute Gasteiger partial charge is 0.475 e. The van der Waals surface area contributed by atoms with Crippen LogP contribution in [0.5, 0.6) is 0 Å². The molecule has 0 spiro atoms.